The van der Waals surface area contributed by atoms with Crippen molar-refractivity contribution in [1.82, 2.24) is 0 Å². The summed E-state index contributed by atoms with van der Waals surface area (Å²) in [5, 5.41) is 0. The van der Waals surface area contributed by atoms with Gasteiger partial charge in [-0.2, -0.15) is 0 Å². The highest BCUT2D eigenvalue weighted by Gasteiger charge is 2.07. The predicted molar refractivity (Wildman–Crippen MR) is 84.4 cm³/mol. The second-order valence-corrected chi connectivity index (χ2v) is 6.28. The fourth-order valence-electron chi connectivity index (χ4n) is 2.93. The monoisotopic (exact) mass is 280 g/mol. The van der Waals surface area contributed by atoms with Crippen molar-refractivity contribution in [2.45, 2.75) is 90.9 Å². The Balaban J connectivity index is 2.49. The van der Waals surface area contributed by atoms with Gasteiger partial charge in [-0.05, 0) is 24.8 Å². The maximum absolute atomic E-state index is 11.2. The summed E-state index contributed by atoms with van der Waals surface area (Å²) in [4.78, 5) is 11.2. The van der Waals surface area contributed by atoms with Crippen molar-refractivity contribution in [2.24, 2.45) is 5.92 Å². The molecule has 0 N–H and O–H groups in total. The van der Waals surface area contributed by atoms with Crippen LogP contribution in [0.25, 0.3) is 0 Å². The lowest BCUT2D eigenvalue weighted by Crippen LogP contribution is -2.02. The fourth-order valence-corrected chi connectivity index (χ4v) is 2.93. The zero-order valence-corrected chi connectivity index (χ0v) is 13.5. The summed E-state index contributed by atoms with van der Waals surface area (Å²) < 4.78 is 5.37. The lowest BCUT2D eigenvalue weighted by Gasteiger charge is -2.11. The third-order valence-corrected chi connectivity index (χ3v) is 4.08. The molecule has 0 heterocycles. The summed E-state index contributed by atoms with van der Waals surface area (Å²) >= 11 is 0. The molecule has 0 aromatic rings. The summed E-state index contributed by atoms with van der Waals surface area (Å²) in [6.07, 6.45) is 17.6. The second-order valence-electron chi connectivity index (χ2n) is 6.28. The summed E-state index contributed by atoms with van der Waals surface area (Å²) in [5.41, 5.74) is 0. The average Bonchev–Trinajstić information content (AvgIpc) is 2.39. The third kappa shape index (κ3) is 9.17. The molecular formula is C18H32O2. The molecule has 0 saturated heterocycles. The molecule has 116 valence electrons. The normalized spacial score (nSPS) is 26.7. The third-order valence-electron chi connectivity index (χ3n) is 4.08. The number of esters is 1. The molecule has 0 aromatic heterocycles. The minimum Gasteiger partial charge on any atom is -0.432 e. The van der Waals surface area contributed by atoms with Gasteiger partial charge in [-0.15, -0.1) is 0 Å². The van der Waals surface area contributed by atoms with Gasteiger partial charge in [0.2, 0.25) is 0 Å². The van der Waals surface area contributed by atoms with Gasteiger partial charge >= 0.3 is 5.97 Å². The first-order chi connectivity index (χ1) is 9.68. The van der Waals surface area contributed by atoms with Crippen molar-refractivity contribution in [3.63, 3.8) is 0 Å². The van der Waals surface area contributed by atoms with Crippen LogP contribution in [0.2, 0.25) is 0 Å². The van der Waals surface area contributed by atoms with Crippen LogP contribution in [-0.4, -0.2) is 5.97 Å². The molecule has 0 radical (unpaired) electrons. The van der Waals surface area contributed by atoms with Crippen molar-refractivity contribution in [1.29, 1.82) is 0 Å². The van der Waals surface area contributed by atoms with Crippen molar-refractivity contribution >= 4 is 5.97 Å². The smallest absolute Gasteiger partial charge is 0.307 e. The molecule has 0 aliphatic heterocycles. The van der Waals surface area contributed by atoms with Crippen molar-refractivity contribution < 1.29 is 9.53 Å². The van der Waals surface area contributed by atoms with Gasteiger partial charge in [0, 0.05) is 13.3 Å². The number of hydrogen-bond donors (Lipinski definition) is 0. The van der Waals surface area contributed by atoms with E-state index in [0.29, 0.717) is 5.92 Å². The van der Waals surface area contributed by atoms with Crippen molar-refractivity contribution in [3.8, 4) is 0 Å². The van der Waals surface area contributed by atoms with Crippen LogP contribution in [0, 0.1) is 5.92 Å². The maximum atomic E-state index is 11.2. The van der Waals surface area contributed by atoms with Gasteiger partial charge in [0.15, 0.2) is 0 Å². The van der Waals surface area contributed by atoms with Gasteiger partial charge in [-0.3, -0.25) is 4.79 Å². The first kappa shape index (κ1) is 17.3. The van der Waals surface area contributed by atoms with Crippen molar-refractivity contribution in [2.75, 3.05) is 0 Å². The Morgan fingerprint density at radius 2 is 1.45 bits per heavy atom. The molecule has 20 heavy (non-hydrogen) atoms. The average molecular weight is 280 g/mol. The molecule has 0 saturated carbocycles. The topological polar surface area (TPSA) is 26.3 Å². The van der Waals surface area contributed by atoms with Crippen LogP contribution in [0.15, 0.2) is 11.8 Å². The molecule has 1 unspecified atom stereocenters. The number of carbonyl (C=O) groups is 1. The standard InChI is InChI=1S/C18H32O2/c1-16-13-11-9-7-5-3-4-6-8-10-12-14-18(15-16)20-17(2)19/h15-16H,3-14H2,1-2H3/b18-15+. The van der Waals surface area contributed by atoms with E-state index in [-0.39, 0.29) is 5.97 Å². The van der Waals surface area contributed by atoms with Gasteiger partial charge in [-0.25, -0.2) is 0 Å². The van der Waals surface area contributed by atoms with E-state index < -0.39 is 0 Å². The minimum absolute atomic E-state index is 0.179. The summed E-state index contributed by atoms with van der Waals surface area (Å²) in [5.74, 6) is 1.25. The van der Waals surface area contributed by atoms with Gasteiger partial charge < -0.3 is 4.74 Å². The van der Waals surface area contributed by atoms with Crippen LogP contribution < -0.4 is 0 Å². The molecule has 2 heteroatoms. The van der Waals surface area contributed by atoms with Crippen LogP contribution >= 0.6 is 0 Å². The molecule has 2 nitrogen and oxygen atoms in total. The molecule has 1 rings (SSSR count). The Kier molecular flexibility index (Phi) is 9.44. The van der Waals surface area contributed by atoms with Gasteiger partial charge in [0.05, 0.1) is 0 Å². The first-order valence-electron chi connectivity index (χ1n) is 8.57. The zero-order chi connectivity index (χ0) is 14.6. The van der Waals surface area contributed by atoms with Gasteiger partial charge in [0.1, 0.15) is 5.76 Å². The largest absolute Gasteiger partial charge is 0.432 e. The lowest BCUT2D eigenvalue weighted by molar-refractivity contribution is -0.137. The summed E-state index contributed by atoms with van der Waals surface area (Å²) in [6, 6.07) is 0. The number of allylic oxidation sites excluding steroid dienone is 2. The van der Waals surface area contributed by atoms with E-state index in [1.807, 2.05) is 0 Å². The summed E-state index contributed by atoms with van der Waals surface area (Å²) in [6.45, 7) is 3.74. The van der Waals surface area contributed by atoms with Crippen LogP contribution in [0.5, 0.6) is 0 Å². The van der Waals surface area contributed by atoms with Crippen LogP contribution in [-0.2, 0) is 9.53 Å². The Morgan fingerprint density at radius 1 is 0.950 bits per heavy atom. The number of carbonyl (C=O) groups excluding carboxylic acids is 1. The molecule has 0 bridgehead atoms. The van der Waals surface area contributed by atoms with Crippen LogP contribution in [0.1, 0.15) is 90.9 Å². The van der Waals surface area contributed by atoms with Gasteiger partial charge in [-0.1, -0.05) is 64.7 Å². The van der Waals surface area contributed by atoms with Crippen LogP contribution in [0.4, 0.5) is 0 Å². The number of hydrogen-bond acceptors (Lipinski definition) is 2. The quantitative estimate of drug-likeness (QED) is 0.570. The van der Waals surface area contributed by atoms with Crippen molar-refractivity contribution in [3.05, 3.63) is 11.8 Å². The maximum Gasteiger partial charge on any atom is 0.307 e. The van der Waals surface area contributed by atoms with E-state index in [1.54, 1.807) is 0 Å². The lowest BCUT2D eigenvalue weighted by atomic mass is 10.0. The highest BCUT2D eigenvalue weighted by atomic mass is 16.5. The Labute approximate surface area is 125 Å². The SMILES string of the molecule is CC(=O)O/C1=C/C(C)CCCCCCCCCCCC1. The summed E-state index contributed by atoms with van der Waals surface area (Å²) in [7, 11) is 0. The first-order valence-corrected chi connectivity index (χ1v) is 8.57. The van der Waals surface area contributed by atoms with Gasteiger partial charge in [0.25, 0.3) is 0 Å². The van der Waals surface area contributed by atoms with Crippen LogP contribution in [0.3, 0.4) is 0 Å². The number of ether oxygens (including phenoxy) is 1. The van der Waals surface area contributed by atoms with E-state index >= 15 is 0 Å². The second kappa shape index (κ2) is 10.9. The fraction of sp³-hybridized carbons (Fsp3) is 0.833. The van der Waals surface area contributed by atoms with E-state index in [9.17, 15) is 4.79 Å². The molecular weight excluding hydrogens is 248 g/mol. The van der Waals surface area contributed by atoms with E-state index in [4.69, 9.17) is 4.74 Å². The van der Waals surface area contributed by atoms with E-state index in [0.717, 1.165) is 18.6 Å². The highest BCUT2D eigenvalue weighted by Crippen LogP contribution is 2.20. The highest BCUT2D eigenvalue weighted by molar-refractivity contribution is 5.67. The Hall–Kier alpha value is -0.790. The predicted octanol–water partition coefficient (Wildman–Crippen LogP) is 5.76. The molecule has 0 fully saturated rings. The molecule has 0 aromatic carbocycles. The molecule has 1 aliphatic rings. The van der Waals surface area contributed by atoms with E-state index in [1.165, 1.54) is 71.1 Å². The zero-order valence-electron chi connectivity index (χ0n) is 13.5. The molecule has 1 atom stereocenters. The molecule has 1 aliphatic carbocycles. The Morgan fingerprint density at radius 3 is 2.00 bits per heavy atom. The Bertz CT molecular complexity index is 294. The molecule has 0 spiro atoms. The van der Waals surface area contributed by atoms with E-state index in [2.05, 4.69) is 13.0 Å². The number of rotatable bonds is 1. The molecule has 0 amide bonds. The minimum atomic E-state index is -0.179.